The number of benzene rings is 2. The Balaban J connectivity index is 1.68. The summed E-state index contributed by atoms with van der Waals surface area (Å²) >= 11 is 5.68. The number of rotatable bonds is 5. The molecule has 0 aliphatic carbocycles. The minimum Gasteiger partial charge on any atom is -0.497 e. The summed E-state index contributed by atoms with van der Waals surface area (Å²) in [5.74, 6) is 0.0918. The zero-order valence-corrected chi connectivity index (χ0v) is 13.9. The normalized spacial score (nSPS) is 10.5. The number of methoxy groups -OCH3 is 1. The van der Waals surface area contributed by atoms with Gasteiger partial charge in [0.25, 0.3) is 0 Å². The highest BCUT2D eigenvalue weighted by Crippen LogP contribution is 2.20. The fourth-order valence-corrected chi connectivity index (χ4v) is 2.27. The fourth-order valence-electron chi connectivity index (χ4n) is 2.09. The second-order valence-corrected chi connectivity index (χ2v) is 5.46. The summed E-state index contributed by atoms with van der Waals surface area (Å²) in [6, 6.07) is 11.1. The summed E-state index contributed by atoms with van der Waals surface area (Å²) in [6.45, 7) is -0.147. The Bertz CT molecular complexity index is 915. The van der Waals surface area contributed by atoms with Gasteiger partial charge in [-0.25, -0.2) is 4.39 Å². The van der Waals surface area contributed by atoms with Crippen LogP contribution in [-0.2, 0) is 11.3 Å². The predicted octanol–water partition coefficient (Wildman–Crippen LogP) is 2.78. The first-order chi connectivity index (χ1) is 12.0. The zero-order valence-electron chi connectivity index (χ0n) is 13.1. The van der Waals surface area contributed by atoms with Gasteiger partial charge in [0.2, 0.25) is 11.7 Å². The second kappa shape index (κ2) is 7.27. The minimum absolute atomic E-state index is 0.0722. The summed E-state index contributed by atoms with van der Waals surface area (Å²) < 4.78 is 18.3. The van der Waals surface area contributed by atoms with Gasteiger partial charge in [0.05, 0.1) is 12.1 Å². The number of aromatic nitrogens is 4. The van der Waals surface area contributed by atoms with Gasteiger partial charge in [-0.3, -0.25) is 4.79 Å². The number of halogens is 2. The van der Waals surface area contributed by atoms with Crippen molar-refractivity contribution in [2.45, 2.75) is 6.54 Å². The molecule has 0 aliphatic rings. The van der Waals surface area contributed by atoms with Gasteiger partial charge >= 0.3 is 0 Å². The lowest BCUT2D eigenvalue weighted by Crippen LogP contribution is -2.20. The van der Waals surface area contributed by atoms with Crippen LogP contribution in [0.4, 0.5) is 10.1 Å². The van der Waals surface area contributed by atoms with E-state index in [1.54, 1.807) is 25.3 Å². The number of tetrazole rings is 1. The molecule has 2 aromatic carbocycles. The number of nitrogens with zero attached hydrogens (tertiary/aromatic N) is 4. The van der Waals surface area contributed by atoms with E-state index in [1.807, 2.05) is 6.07 Å². The summed E-state index contributed by atoms with van der Waals surface area (Å²) in [6.07, 6.45) is 0. The molecule has 0 spiro atoms. The highest BCUT2D eigenvalue weighted by molar-refractivity contribution is 6.31. The summed E-state index contributed by atoms with van der Waals surface area (Å²) in [5.41, 5.74) is 1.10. The summed E-state index contributed by atoms with van der Waals surface area (Å²) in [7, 11) is 1.56. The SMILES string of the molecule is COc1cccc(-c2nnn(CC(=O)Nc3ccc(F)c(Cl)c3)n2)c1. The molecule has 7 nitrogen and oxygen atoms in total. The van der Waals surface area contributed by atoms with Crippen LogP contribution < -0.4 is 10.1 Å². The van der Waals surface area contributed by atoms with Crippen LogP contribution in [0.15, 0.2) is 42.5 Å². The van der Waals surface area contributed by atoms with Crippen molar-refractivity contribution in [3.63, 3.8) is 0 Å². The van der Waals surface area contributed by atoms with Crippen molar-refractivity contribution in [3.05, 3.63) is 53.3 Å². The number of carbonyl (C=O) groups excluding carboxylic acids is 1. The fraction of sp³-hybridized carbons (Fsp3) is 0.125. The van der Waals surface area contributed by atoms with Crippen molar-refractivity contribution in [2.24, 2.45) is 0 Å². The molecule has 1 amide bonds. The zero-order chi connectivity index (χ0) is 17.8. The number of anilines is 1. The van der Waals surface area contributed by atoms with Gasteiger partial charge in [-0.2, -0.15) is 4.80 Å². The smallest absolute Gasteiger partial charge is 0.248 e. The minimum atomic E-state index is -0.555. The summed E-state index contributed by atoms with van der Waals surface area (Å²) in [4.78, 5) is 13.2. The lowest BCUT2D eigenvalue weighted by molar-refractivity contribution is -0.117. The second-order valence-electron chi connectivity index (χ2n) is 5.05. The number of nitrogens with one attached hydrogen (secondary N) is 1. The van der Waals surface area contributed by atoms with E-state index in [4.69, 9.17) is 16.3 Å². The van der Waals surface area contributed by atoms with Crippen LogP contribution in [0.3, 0.4) is 0 Å². The van der Waals surface area contributed by atoms with E-state index >= 15 is 0 Å². The molecule has 0 unspecified atom stereocenters. The van der Waals surface area contributed by atoms with E-state index in [0.29, 0.717) is 17.3 Å². The molecule has 0 aliphatic heterocycles. The highest BCUT2D eigenvalue weighted by Gasteiger charge is 2.11. The Labute approximate surface area is 147 Å². The van der Waals surface area contributed by atoms with E-state index in [9.17, 15) is 9.18 Å². The number of hydrogen-bond donors (Lipinski definition) is 1. The molecule has 0 saturated heterocycles. The molecule has 0 atom stereocenters. The van der Waals surface area contributed by atoms with Crippen LogP contribution in [0.2, 0.25) is 5.02 Å². The predicted molar refractivity (Wildman–Crippen MR) is 89.8 cm³/mol. The lowest BCUT2D eigenvalue weighted by atomic mass is 10.2. The molecule has 3 aromatic rings. The van der Waals surface area contributed by atoms with Crippen molar-refractivity contribution in [3.8, 4) is 17.1 Å². The maximum absolute atomic E-state index is 13.1. The molecule has 0 bridgehead atoms. The third kappa shape index (κ3) is 4.10. The maximum atomic E-state index is 13.1. The van der Waals surface area contributed by atoms with E-state index in [1.165, 1.54) is 18.2 Å². The average molecular weight is 362 g/mol. The molecule has 25 heavy (non-hydrogen) atoms. The van der Waals surface area contributed by atoms with E-state index in [2.05, 4.69) is 20.7 Å². The molecule has 1 aromatic heterocycles. The molecule has 3 rings (SSSR count). The van der Waals surface area contributed by atoms with Crippen LogP contribution >= 0.6 is 11.6 Å². The third-order valence-corrected chi connectivity index (χ3v) is 3.56. The Hall–Kier alpha value is -3.00. The third-order valence-electron chi connectivity index (χ3n) is 3.27. The van der Waals surface area contributed by atoms with E-state index in [-0.39, 0.29) is 11.6 Å². The average Bonchev–Trinajstić information content (AvgIpc) is 3.06. The lowest BCUT2D eigenvalue weighted by Gasteiger charge is -2.05. The van der Waals surface area contributed by atoms with Crippen molar-refractivity contribution in [1.29, 1.82) is 0 Å². The molecule has 0 fully saturated rings. The molecule has 128 valence electrons. The van der Waals surface area contributed by atoms with Gasteiger partial charge in [-0.15, -0.1) is 10.2 Å². The van der Waals surface area contributed by atoms with E-state index < -0.39 is 11.7 Å². The van der Waals surface area contributed by atoms with Gasteiger partial charge in [0.15, 0.2) is 0 Å². The molecule has 9 heteroatoms. The van der Waals surface area contributed by atoms with Crippen LogP contribution in [-0.4, -0.2) is 33.2 Å². The summed E-state index contributed by atoms with van der Waals surface area (Å²) in [5, 5.41) is 14.4. The Morgan fingerprint density at radius 1 is 1.32 bits per heavy atom. The van der Waals surface area contributed by atoms with E-state index in [0.717, 1.165) is 10.4 Å². The van der Waals surface area contributed by atoms with Crippen molar-refractivity contribution in [2.75, 3.05) is 12.4 Å². The first-order valence-electron chi connectivity index (χ1n) is 7.22. The monoisotopic (exact) mass is 361 g/mol. The maximum Gasteiger partial charge on any atom is 0.248 e. The van der Waals surface area contributed by atoms with Crippen molar-refractivity contribution < 1.29 is 13.9 Å². The number of amides is 1. The van der Waals surface area contributed by atoms with Crippen molar-refractivity contribution in [1.82, 2.24) is 20.2 Å². The quantitative estimate of drug-likeness (QED) is 0.755. The highest BCUT2D eigenvalue weighted by atomic mass is 35.5. The topological polar surface area (TPSA) is 81.9 Å². The van der Waals surface area contributed by atoms with Crippen molar-refractivity contribution >= 4 is 23.2 Å². The first kappa shape index (κ1) is 16.8. The largest absolute Gasteiger partial charge is 0.497 e. The molecule has 1 heterocycles. The molecular weight excluding hydrogens is 349 g/mol. The van der Waals surface area contributed by atoms with Gasteiger partial charge in [-0.1, -0.05) is 23.7 Å². The Morgan fingerprint density at radius 2 is 2.16 bits per heavy atom. The Kier molecular flexibility index (Phi) is 4.90. The standard InChI is InChI=1S/C16H13ClFN5O2/c1-25-12-4-2-3-10(7-12)16-20-22-23(21-16)9-15(24)19-11-5-6-14(18)13(17)8-11/h2-8H,9H2,1H3,(H,19,24). The van der Waals surface area contributed by atoms with Gasteiger partial charge in [0, 0.05) is 11.3 Å². The van der Waals surface area contributed by atoms with Crippen LogP contribution in [0.25, 0.3) is 11.4 Å². The Morgan fingerprint density at radius 3 is 2.92 bits per heavy atom. The first-order valence-corrected chi connectivity index (χ1v) is 7.60. The van der Waals surface area contributed by atoms with Crippen LogP contribution in [0.5, 0.6) is 5.75 Å². The van der Waals surface area contributed by atoms with Gasteiger partial charge < -0.3 is 10.1 Å². The van der Waals surface area contributed by atoms with Gasteiger partial charge in [0.1, 0.15) is 18.1 Å². The molecule has 0 saturated carbocycles. The molecular formula is C16H13ClFN5O2. The van der Waals surface area contributed by atoms with Crippen LogP contribution in [0, 0.1) is 5.82 Å². The number of hydrogen-bond acceptors (Lipinski definition) is 5. The molecule has 0 radical (unpaired) electrons. The van der Waals surface area contributed by atoms with Crippen LogP contribution in [0.1, 0.15) is 0 Å². The molecule has 1 N–H and O–H groups in total. The number of ether oxygens (including phenoxy) is 1. The number of carbonyl (C=O) groups is 1. The van der Waals surface area contributed by atoms with Gasteiger partial charge in [-0.05, 0) is 35.5 Å².